The molecule has 120 valence electrons. The van der Waals surface area contributed by atoms with E-state index >= 15 is 0 Å². The number of hydrogen-bond acceptors (Lipinski definition) is 3. The van der Waals surface area contributed by atoms with Crippen molar-refractivity contribution in [1.29, 1.82) is 0 Å². The lowest BCUT2D eigenvalue weighted by atomic mass is 9.92. The summed E-state index contributed by atoms with van der Waals surface area (Å²) >= 11 is 0. The lowest BCUT2D eigenvalue weighted by molar-refractivity contribution is 0.328. The van der Waals surface area contributed by atoms with Crippen molar-refractivity contribution in [3.63, 3.8) is 0 Å². The highest BCUT2D eigenvalue weighted by Gasteiger charge is 2.30. The first-order valence-electron chi connectivity index (χ1n) is 7.56. The van der Waals surface area contributed by atoms with Crippen molar-refractivity contribution in [2.45, 2.75) is 63.3 Å². The van der Waals surface area contributed by atoms with E-state index in [1.54, 1.807) is 4.31 Å². The minimum atomic E-state index is -3.33. The second-order valence-electron chi connectivity index (χ2n) is 6.06. The molecule has 3 N–H and O–H groups in total. The molecule has 0 bridgehead atoms. The van der Waals surface area contributed by atoms with Gasteiger partial charge in [-0.2, -0.15) is 12.7 Å². The molecule has 0 atom stereocenters. The second-order valence-corrected chi connectivity index (χ2v) is 7.82. The number of piperidine rings is 1. The summed E-state index contributed by atoms with van der Waals surface area (Å²) < 4.78 is 28.7. The number of halogens is 1. The average Bonchev–Trinajstić information content (AvgIpc) is 2.63. The van der Waals surface area contributed by atoms with Gasteiger partial charge < -0.3 is 5.73 Å². The molecule has 0 amide bonds. The first kappa shape index (κ1) is 18.2. The van der Waals surface area contributed by atoms with Crippen molar-refractivity contribution >= 4 is 22.6 Å². The van der Waals surface area contributed by atoms with Crippen LogP contribution in [-0.2, 0) is 10.2 Å². The van der Waals surface area contributed by atoms with Crippen LogP contribution in [0.25, 0.3) is 0 Å². The van der Waals surface area contributed by atoms with Gasteiger partial charge in [-0.25, -0.2) is 4.72 Å². The van der Waals surface area contributed by atoms with Crippen LogP contribution in [0.5, 0.6) is 0 Å². The summed E-state index contributed by atoms with van der Waals surface area (Å²) in [5.74, 6) is 0. The summed E-state index contributed by atoms with van der Waals surface area (Å²) in [7, 11) is -3.33. The van der Waals surface area contributed by atoms with Crippen molar-refractivity contribution in [1.82, 2.24) is 9.03 Å². The summed E-state index contributed by atoms with van der Waals surface area (Å²) in [6, 6.07) is 0. The Balaban J connectivity index is 0.00000200. The quantitative estimate of drug-likeness (QED) is 0.774. The van der Waals surface area contributed by atoms with E-state index in [-0.39, 0.29) is 17.9 Å². The Morgan fingerprint density at radius 1 is 0.950 bits per heavy atom. The number of nitrogens with zero attached hydrogens (tertiary/aromatic N) is 1. The van der Waals surface area contributed by atoms with Crippen molar-refractivity contribution < 1.29 is 8.42 Å². The topological polar surface area (TPSA) is 75.4 Å². The first-order valence-corrected chi connectivity index (χ1v) is 9.00. The Kier molecular flexibility index (Phi) is 7.21. The van der Waals surface area contributed by atoms with Crippen LogP contribution in [0.4, 0.5) is 0 Å². The molecule has 5 nitrogen and oxygen atoms in total. The molecule has 1 aliphatic heterocycles. The van der Waals surface area contributed by atoms with Gasteiger partial charge in [0.05, 0.1) is 0 Å². The third kappa shape index (κ3) is 5.15. The molecule has 1 saturated carbocycles. The smallest absolute Gasteiger partial charge is 0.279 e. The standard InChI is InChI=1S/C13H27N3O2S.ClH/c14-13(8-4-1-2-5-9-13)12-15-19(17,18)16-10-6-3-7-11-16;/h15H,1-12,14H2;1H. The highest BCUT2D eigenvalue weighted by molar-refractivity contribution is 7.87. The van der Waals surface area contributed by atoms with E-state index in [4.69, 9.17) is 5.73 Å². The maximum Gasteiger partial charge on any atom is 0.279 e. The molecule has 0 spiro atoms. The Hall–Kier alpha value is 0.120. The minimum Gasteiger partial charge on any atom is -0.324 e. The van der Waals surface area contributed by atoms with E-state index < -0.39 is 10.2 Å². The fourth-order valence-corrected chi connectivity index (χ4v) is 4.43. The van der Waals surface area contributed by atoms with Crippen molar-refractivity contribution in [3.05, 3.63) is 0 Å². The molecular formula is C13H28ClN3O2S. The van der Waals surface area contributed by atoms with Crippen LogP contribution in [0.2, 0.25) is 0 Å². The zero-order chi connectivity index (χ0) is 13.8. The highest BCUT2D eigenvalue weighted by Crippen LogP contribution is 2.24. The van der Waals surface area contributed by atoms with Crippen molar-refractivity contribution in [2.75, 3.05) is 19.6 Å². The Labute approximate surface area is 129 Å². The van der Waals surface area contributed by atoms with E-state index in [0.717, 1.165) is 44.9 Å². The summed E-state index contributed by atoms with van der Waals surface area (Å²) in [6.45, 7) is 1.67. The van der Waals surface area contributed by atoms with Gasteiger partial charge in [0.25, 0.3) is 10.2 Å². The highest BCUT2D eigenvalue weighted by atomic mass is 35.5. The molecule has 2 fully saturated rings. The van der Waals surface area contributed by atoms with E-state index in [2.05, 4.69) is 4.72 Å². The molecule has 0 aromatic heterocycles. The predicted molar refractivity (Wildman–Crippen MR) is 84.2 cm³/mol. The Morgan fingerprint density at radius 3 is 2.00 bits per heavy atom. The summed E-state index contributed by atoms with van der Waals surface area (Å²) in [5.41, 5.74) is 6.00. The molecule has 0 unspecified atom stereocenters. The molecule has 2 aliphatic rings. The maximum atomic E-state index is 12.2. The normalized spacial score (nSPS) is 24.6. The Bertz CT molecular complexity index is 375. The monoisotopic (exact) mass is 325 g/mol. The summed E-state index contributed by atoms with van der Waals surface area (Å²) in [6.07, 6.45) is 9.58. The number of nitrogens with one attached hydrogen (secondary N) is 1. The van der Waals surface area contributed by atoms with Gasteiger partial charge in [0, 0.05) is 25.2 Å². The molecule has 1 heterocycles. The molecule has 2 rings (SSSR count). The molecule has 0 aromatic rings. The molecule has 1 saturated heterocycles. The zero-order valence-corrected chi connectivity index (χ0v) is 13.8. The lowest BCUT2D eigenvalue weighted by Crippen LogP contribution is -2.53. The molecule has 0 radical (unpaired) electrons. The van der Waals surface area contributed by atoms with Gasteiger partial charge in [-0.3, -0.25) is 0 Å². The summed E-state index contributed by atoms with van der Waals surface area (Å²) in [4.78, 5) is 0. The first-order chi connectivity index (χ1) is 9.02. The fraction of sp³-hybridized carbons (Fsp3) is 1.00. The van der Waals surface area contributed by atoms with E-state index in [0.29, 0.717) is 19.6 Å². The molecule has 20 heavy (non-hydrogen) atoms. The second kappa shape index (κ2) is 7.94. The molecule has 7 heteroatoms. The maximum absolute atomic E-state index is 12.2. The predicted octanol–water partition coefficient (Wildman–Crippen LogP) is 1.78. The van der Waals surface area contributed by atoms with Crippen molar-refractivity contribution in [2.24, 2.45) is 5.73 Å². The van der Waals surface area contributed by atoms with Crippen molar-refractivity contribution in [3.8, 4) is 0 Å². The van der Waals surface area contributed by atoms with Gasteiger partial charge in [-0.15, -0.1) is 12.4 Å². The van der Waals surface area contributed by atoms with Crippen LogP contribution in [0.3, 0.4) is 0 Å². The fourth-order valence-electron chi connectivity index (χ4n) is 3.04. The van der Waals surface area contributed by atoms with Gasteiger partial charge in [0.2, 0.25) is 0 Å². The molecule has 0 aromatic carbocycles. The molecular weight excluding hydrogens is 298 g/mol. The minimum absolute atomic E-state index is 0. The van der Waals surface area contributed by atoms with Gasteiger partial charge in [-0.05, 0) is 25.7 Å². The van der Waals surface area contributed by atoms with Crippen LogP contribution < -0.4 is 10.5 Å². The van der Waals surface area contributed by atoms with Crippen LogP contribution in [0.1, 0.15) is 57.8 Å². The average molecular weight is 326 g/mol. The summed E-state index contributed by atoms with van der Waals surface area (Å²) in [5, 5.41) is 0. The third-order valence-electron chi connectivity index (χ3n) is 4.36. The van der Waals surface area contributed by atoms with Crippen LogP contribution in [-0.4, -0.2) is 37.9 Å². The van der Waals surface area contributed by atoms with Gasteiger partial charge in [-0.1, -0.05) is 32.1 Å². The number of nitrogens with two attached hydrogens (primary N) is 1. The van der Waals surface area contributed by atoms with E-state index in [1.807, 2.05) is 0 Å². The Morgan fingerprint density at radius 2 is 1.45 bits per heavy atom. The number of rotatable bonds is 4. The number of hydrogen-bond donors (Lipinski definition) is 2. The SMILES string of the molecule is Cl.NC1(CNS(=O)(=O)N2CCCCC2)CCCCCC1. The van der Waals surface area contributed by atoms with Crippen LogP contribution >= 0.6 is 12.4 Å². The zero-order valence-electron chi connectivity index (χ0n) is 12.1. The van der Waals surface area contributed by atoms with E-state index in [1.165, 1.54) is 12.8 Å². The molecule has 1 aliphatic carbocycles. The third-order valence-corrected chi connectivity index (χ3v) is 5.92. The lowest BCUT2D eigenvalue weighted by Gasteiger charge is -2.31. The van der Waals surface area contributed by atoms with Gasteiger partial charge in [0.1, 0.15) is 0 Å². The van der Waals surface area contributed by atoms with Crippen LogP contribution in [0.15, 0.2) is 0 Å². The van der Waals surface area contributed by atoms with Gasteiger partial charge in [0.15, 0.2) is 0 Å². The van der Waals surface area contributed by atoms with E-state index in [9.17, 15) is 8.42 Å². The largest absolute Gasteiger partial charge is 0.324 e. The van der Waals surface area contributed by atoms with Crippen LogP contribution in [0, 0.1) is 0 Å². The van der Waals surface area contributed by atoms with Gasteiger partial charge >= 0.3 is 0 Å².